The van der Waals surface area contributed by atoms with E-state index in [0.717, 1.165) is 16.9 Å². The lowest BCUT2D eigenvalue weighted by atomic mass is 10.1. The van der Waals surface area contributed by atoms with Crippen LogP contribution in [0.25, 0.3) is 10.8 Å². The molecule has 4 aromatic rings. The van der Waals surface area contributed by atoms with E-state index >= 15 is 0 Å². The highest BCUT2D eigenvalue weighted by atomic mass is 16.5. The van der Waals surface area contributed by atoms with Crippen molar-refractivity contribution in [2.45, 2.75) is 19.9 Å². The van der Waals surface area contributed by atoms with Crippen LogP contribution in [0, 0.1) is 6.92 Å². The molecule has 0 atom stereocenters. The van der Waals surface area contributed by atoms with E-state index in [1.54, 1.807) is 24.3 Å². The Hall–Kier alpha value is -3.93. The summed E-state index contributed by atoms with van der Waals surface area (Å²) in [5, 5.41) is 8.34. The Labute approximate surface area is 186 Å². The lowest BCUT2D eigenvalue weighted by Crippen LogP contribution is -2.31. The second kappa shape index (κ2) is 9.92. The van der Waals surface area contributed by atoms with Crippen LogP contribution in [-0.2, 0) is 6.54 Å². The number of carbonyl (C=O) groups is 1. The predicted octanol–water partition coefficient (Wildman–Crippen LogP) is 3.95. The summed E-state index contributed by atoms with van der Waals surface area (Å²) in [6, 6.07) is 24.5. The molecule has 0 fully saturated rings. The summed E-state index contributed by atoms with van der Waals surface area (Å²) in [7, 11) is 0. The fraction of sp³-hybridized carbons (Fsp3) is 0.192. The molecule has 0 unspecified atom stereocenters. The summed E-state index contributed by atoms with van der Waals surface area (Å²) < 4.78 is 7.09. The Bertz CT molecular complexity index is 1280. The number of amides is 1. The SMILES string of the molecule is Cc1cccc(OCCCNC(=O)c2nn(Cc3ccccc3)c(=O)c3ccccc23)c1. The number of hydrogen-bond donors (Lipinski definition) is 1. The first-order chi connectivity index (χ1) is 15.6. The van der Waals surface area contributed by atoms with E-state index in [-0.39, 0.29) is 17.2 Å². The molecule has 4 rings (SSSR count). The molecule has 1 aromatic heterocycles. The van der Waals surface area contributed by atoms with E-state index < -0.39 is 0 Å². The monoisotopic (exact) mass is 427 g/mol. The Morgan fingerprint density at radius 2 is 1.72 bits per heavy atom. The maximum absolute atomic E-state index is 12.9. The summed E-state index contributed by atoms with van der Waals surface area (Å²) in [5.41, 5.74) is 2.11. The molecule has 0 saturated carbocycles. The van der Waals surface area contributed by atoms with Gasteiger partial charge in [-0.05, 0) is 42.7 Å². The van der Waals surface area contributed by atoms with E-state index in [4.69, 9.17) is 4.74 Å². The molecular formula is C26H25N3O3. The molecule has 162 valence electrons. The molecule has 0 saturated heterocycles. The number of ether oxygens (including phenoxy) is 1. The van der Waals surface area contributed by atoms with Crippen LogP contribution < -0.4 is 15.6 Å². The Kier molecular flexibility index (Phi) is 6.60. The maximum Gasteiger partial charge on any atom is 0.274 e. The molecule has 0 aliphatic rings. The number of benzene rings is 3. The van der Waals surface area contributed by atoms with Crippen LogP contribution in [0.5, 0.6) is 5.75 Å². The number of carbonyl (C=O) groups excluding carboxylic acids is 1. The van der Waals surface area contributed by atoms with Gasteiger partial charge in [0.05, 0.1) is 18.5 Å². The minimum absolute atomic E-state index is 0.215. The first-order valence-corrected chi connectivity index (χ1v) is 10.6. The van der Waals surface area contributed by atoms with Crippen molar-refractivity contribution in [3.63, 3.8) is 0 Å². The van der Waals surface area contributed by atoms with Crippen molar-refractivity contribution in [2.75, 3.05) is 13.2 Å². The second-order valence-corrected chi connectivity index (χ2v) is 7.62. The third-order valence-corrected chi connectivity index (χ3v) is 5.12. The molecular weight excluding hydrogens is 402 g/mol. The van der Waals surface area contributed by atoms with Gasteiger partial charge in [0.2, 0.25) is 0 Å². The van der Waals surface area contributed by atoms with Crippen molar-refractivity contribution in [1.82, 2.24) is 15.1 Å². The quantitative estimate of drug-likeness (QED) is 0.432. The van der Waals surface area contributed by atoms with Crippen LogP contribution in [0.1, 0.15) is 28.0 Å². The number of fused-ring (bicyclic) bond motifs is 1. The van der Waals surface area contributed by atoms with Crippen molar-refractivity contribution >= 4 is 16.7 Å². The molecule has 0 radical (unpaired) electrons. The zero-order valence-electron chi connectivity index (χ0n) is 18.0. The first-order valence-electron chi connectivity index (χ1n) is 10.6. The zero-order valence-corrected chi connectivity index (χ0v) is 18.0. The van der Waals surface area contributed by atoms with E-state index in [1.165, 1.54) is 4.68 Å². The number of nitrogens with zero attached hydrogens (tertiary/aromatic N) is 2. The molecule has 0 aliphatic carbocycles. The lowest BCUT2D eigenvalue weighted by molar-refractivity contribution is 0.0946. The standard InChI is InChI=1S/C26H25N3O3/c1-19-9-7-12-21(17-19)32-16-8-15-27-25(30)24-22-13-5-6-14-23(22)26(31)29(28-24)18-20-10-3-2-4-11-20/h2-7,9-14,17H,8,15-16,18H2,1H3,(H,27,30). The summed E-state index contributed by atoms with van der Waals surface area (Å²) in [4.78, 5) is 25.8. The average molecular weight is 428 g/mol. The molecule has 1 amide bonds. The summed E-state index contributed by atoms with van der Waals surface area (Å²) in [6.07, 6.45) is 0.654. The van der Waals surface area contributed by atoms with Gasteiger partial charge in [0.1, 0.15) is 5.75 Å². The molecule has 0 aliphatic heterocycles. The predicted molar refractivity (Wildman–Crippen MR) is 125 cm³/mol. The summed E-state index contributed by atoms with van der Waals surface area (Å²) >= 11 is 0. The molecule has 6 nitrogen and oxygen atoms in total. The van der Waals surface area contributed by atoms with Crippen LogP contribution in [0.2, 0.25) is 0 Å². The second-order valence-electron chi connectivity index (χ2n) is 7.62. The zero-order chi connectivity index (χ0) is 22.3. The molecule has 0 bridgehead atoms. The first kappa shape index (κ1) is 21.3. The number of aryl methyl sites for hydroxylation is 1. The van der Waals surface area contributed by atoms with Gasteiger partial charge in [-0.3, -0.25) is 9.59 Å². The Morgan fingerprint density at radius 3 is 2.50 bits per heavy atom. The van der Waals surface area contributed by atoms with Gasteiger partial charge < -0.3 is 10.1 Å². The van der Waals surface area contributed by atoms with Crippen LogP contribution in [-0.4, -0.2) is 28.8 Å². The molecule has 1 heterocycles. The molecule has 1 N–H and O–H groups in total. The van der Waals surface area contributed by atoms with Gasteiger partial charge in [0, 0.05) is 11.9 Å². The van der Waals surface area contributed by atoms with Gasteiger partial charge in [-0.2, -0.15) is 5.10 Å². The number of rotatable bonds is 8. The van der Waals surface area contributed by atoms with Crippen LogP contribution in [0.3, 0.4) is 0 Å². The fourth-order valence-corrected chi connectivity index (χ4v) is 3.52. The maximum atomic E-state index is 12.9. The van der Waals surface area contributed by atoms with Gasteiger partial charge in [0.15, 0.2) is 5.69 Å². The largest absolute Gasteiger partial charge is 0.494 e. The number of nitrogens with one attached hydrogen (secondary N) is 1. The van der Waals surface area contributed by atoms with Crippen molar-refractivity contribution < 1.29 is 9.53 Å². The smallest absolute Gasteiger partial charge is 0.274 e. The molecule has 32 heavy (non-hydrogen) atoms. The van der Waals surface area contributed by atoms with Crippen LogP contribution >= 0.6 is 0 Å². The van der Waals surface area contributed by atoms with Gasteiger partial charge in [0.25, 0.3) is 11.5 Å². The molecule has 3 aromatic carbocycles. The average Bonchev–Trinajstić information content (AvgIpc) is 2.81. The normalized spacial score (nSPS) is 10.8. The number of aromatic nitrogens is 2. The van der Waals surface area contributed by atoms with E-state index in [9.17, 15) is 9.59 Å². The van der Waals surface area contributed by atoms with Gasteiger partial charge in [-0.25, -0.2) is 4.68 Å². The van der Waals surface area contributed by atoms with Crippen LogP contribution in [0.4, 0.5) is 0 Å². The third kappa shape index (κ3) is 5.03. The van der Waals surface area contributed by atoms with Gasteiger partial charge in [-0.1, -0.05) is 60.7 Å². The lowest BCUT2D eigenvalue weighted by Gasteiger charge is -2.12. The van der Waals surface area contributed by atoms with E-state index in [2.05, 4.69) is 10.4 Å². The highest BCUT2D eigenvalue weighted by Gasteiger charge is 2.16. The Balaban J connectivity index is 1.46. The fourth-order valence-electron chi connectivity index (χ4n) is 3.52. The Morgan fingerprint density at radius 1 is 0.969 bits per heavy atom. The summed E-state index contributed by atoms with van der Waals surface area (Å²) in [5.74, 6) is 0.510. The van der Waals surface area contributed by atoms with E-state index in [1.807, 2.05) is 61.5 Å². The molecule has 0 spiro atoms. The van der Waals surface area contributed by atoms with E-state index in [0.29, 0.717) is 36.9 Å². The van der Waals surface area contributed by atoms with Gasteiger partial charge >= 0.3 is 0 Å². The van der Waals surface area contributed by atoms with Crippen LogP contribution in [0.15, 0.2) is 83.7 Å². The minimum atomic E-state index is -0.307. The van der Waals surface area contributed by atoms with Crippen molar-refractivity contribution in [2.24, 2.45) is 0 Å². The topological polar surface area (TPSA) is 73.2 Å². The van der Waals surface area contributed by atoms with Crippen molar-refractivity contribution in [3.8, 4) is 5.75 Å². The summed E-state index contributed by atoms with van der Waals surface area (Å²) in [6.45, 7) is 3.25. The van der Waals surface area contributed by atoms with Crippen molar-refractivity contribution in [1.29, 1.82) is 0 Å². The minimum Gasteiger partial charge on any atom is -0.494 e. The van der Waals surface area contributed by atoms with Crippen molar-refractivity contribution in [3.05, 3.63) is 106 Å². The molecule has 6 heteroatoms. The number of hydrogen-bond acceptors (Lipinski definition) is 4. The van der Waals surface area contributed by atoms with Gasteiger partial charge in [-0.15, -0.1) is 0 Å². The highest BCUT2D eigenvalue weighted by molar-refractivity contribution is 6.04. The third-order valence-electron chi connectivity index (χ3n) is 5.12. The highest BCUT2D eigenvalue weighted by Crippen LogP contribution is 2.14.